The standard InChI is InChI=1S/C20H26ClN3O2S.ClH/c1-14-6-7-16(21)18-17(14)22-20(27-18)24(19(25)15-4-2-3-5-15)9-8-23-10-12-26-13-11-23;/h6-7,15H,2-5,8-13H2,1H3;1H. The number of nitrogens with zero attached hydrogens (tertiary/aromatic N) is 3. The fourth-order valence-electron chi connectivity index (χ4n) is 3.97. The maximum Gasteiger partial charge on any atom is 0.231 e. The van der Waals surface area contributed by atoms with Gasteiger partial charge in [-0.05, 0) is 31.4 Å². The lowest BCUT2D eigenvalue weighted by atomic mass is 10.1. The summed E-state index contributed by atoms with van der Waals surface area (Å²) in [5, 5.41) is 1.49. The molecule has 2 aliphatic rings. The quantitative estimate of drug-likeness (QED) is 0.680. The predicted molar refractivity (Wildman–Crippen MR) is 118 cm³/mol. The number of benzene rings is 1. The van der Waals surface area contributed by atoms with Crippen molar-refractivity contribution in [1.82, 2.24) is 9.88 Å². The third-order valence-corrected chi connectivity index (χ3v) is 7.17. The molecule has 1 aliphatic carbocycles. The molecule has 1 amide bonds. The zero-order valence-corrected chi connectivity index (χ0v) is 18.5. The summed E-state index contributed by atoms with van der Waals surface area (Å²) >= 11 is 7.94. The van der Waals surface area contributed by atoms with Crippen molar-refractivity contribution in [3.8, 4) is 0 Å². The molecular weight excluding hydrogens is 417 g/mol. The lowest BCUT2D eigenvalue weighted by Crippen LogP contribution is -2.44. The molecular formula is C20H27Cl2N3O2S. The van der Waals surface area contributed by atoms with Crippen LogP contribution in [0, 0.1) is 12.8 Å². The maximum absolute atomic E-state index is 13.3. The first-order valence-corrected chi connectivity index (χ1v) is 11.0. The van der Waals surface area contributed by atoms with Gasteiger partial charge in [-0.2, -0.15) is 0 Å². The summed E-state index contributed by atoms with van der Waals surface area (Å²) in [6, 6.07) is 3.91. The van der Waals surface area contributed by atoms with E-state index in [4.69, 9.17) is 21.3 Å². The minimum Gasteiger partial charge on any atom is -0.379 e. The summed E-state index contributed by atoms with van der Waals surface area (Å²) in [5.41, 5.74) is 2.01. The second kappa shape index (κ2) is 9.72. The number of rotatable bonds is 5. The van der Waals surface area contributed by atoms with E-state index in [0.717, 1.165) is 79.4 Å². The molecule has 0 N–H and O–H groups in total. The lowest BCUT2D eigenvalue weighted by Gasteiger charge is -2.30. The van der Waals surface area contributed by atoms with Gasteiger partial charge in [0, 0.05) is 32.1 Å². The molecule has 5 nitrogen and oxygen atoms in total. The predicted octanol–water partition coefficient (Wildman–Crippen LogP) is 4.54. The van der Waals surface area contributed by atoms with Gasteiger partial charge in [-0.25, -0.2) is 4.98 Å². The van der Waals surface area contributed by atoms with Crippen LogP contribution in [0.25, 0.3) is 10.2 Å². The zero-order chi connectivity index (χ0) is 18.8. The van der Waals surface area contributed by atoms with Crippen LogP contribution < -0.4 is 4.90 Å². The summed E-state index contributed by atoms with van der Waals surface area (Å²) in [6.45, 7) is 6.96. The number of morpholine rings is 1. The molecule has 2 aromatic rings. The van der Waals surface area contributed by atoms with Gasteiger partial charge in [-0.3, -0.25) is 14.6 Å². The first-order chi connectivity index (χ1) is 13.1. The Labute approximate surface area is 181 Å². The van der Waals surface area contributed by atoms with Crippen LogP contribution in [0.5, 0.6) is 0 Å². The normalized spacial score (nSPS) is 18.4. The van der Waals surface area contributed by atoms with Gasteiger partial charge in [0.2, 0.25) is 5.91 Å². The Kier molecular flexibility index (Phi) is 7.56. The molecule has 28 heavy (non-hydrogen) atoms. The summed E-state index contributed by atoms with van der Waals surface area (Å²) in [7, 11) is 0. The van der Waals surface area contributed by atoms with Gasteiger partial charge in [0.1, 0.15) is 0 Å². The van der Waals surface area contributed by atoms with Crippen molar-refractivity contribution in [1.29, 1.82) is 0 Å². The summed E-state index contributed by atoms with van der Waals surface area (Å²) in [5.74, 6) is 0.367. The first kappa shape index (κ1) is 21.8. The Morgan fingerprint density at radius 3 is 2.71 bits per heavy atom. The third-order valence-electron chi connectivity index (χ3n) is 5.63. The van der Waals surface area contributed by atoms with E-state index in [1.807, 2.05) is 24.0 Å². The molecule has 1 saturated heterocycles. The van der Waals surface area contributed by atoms with Crippen molar-refractivity contribution in [2.75, 3.05) is 44.3 Å². The highest BCUT2D eigenvalue weighted by atomic mass is 35.5. The van der Waals surface area contributed by atoms with E-state index >= 15 is 0 Å². The monoisotopic (exact) mass is 443 g/mol. The second-order valence-corrected chi connectivity index (χ2v) is 8.85. The van der Waals surface area contributed by atoms with Crippen LogP contribution in [0.1, 0.15) is 31.2 Å². The van der Waals surface area contributed by atoms with Crippen molar-refractivity contribution in [3.63, 3.8) is 0 Å². The lowest BCUT2D eigenvalue weighted by molar-refractivity contribution is -0.122. The minimum atomic E-state index is 0. The van der Waals surface area contributed by atoms with Crippen molar-refractivity contribution >= 4 is 56.6 Å². The summed E-state index contributed by atoms with van der Waals surface area (Å²) < 4.78 is 6.41. The minimum absolute atomic E-state index is 0. The highest BCUT2D eigenvalue weighted by molar-refractivity contribution is 7.23. The Bertz CT molecular complexity index is 778. The largest absolute Gasteiger partial charge is 0.379 e. The van der Waals surface area contributed by atoms with Gasteiger partial charge in [0.05, 0.1) is 28.5 Å². The molecule has 0 atom stereocenters. The zero-order valence-electron chi connectivity index (χ0n) is 16.2. The molecule has 8 heteroatoms. The van der Waals surface area contributed by atoms with E-state index in [9.17, 15) is 4.79 Å². The molecule has 2 heterocycles. The smallest absolute Gasteiger partial charge is 0.231 e. The van der Waals surface area contributed by atoms with Crippen molar-refractivity contribution in [2.45, 2.75) is 32.6 Å². The third kappa shape index (κ3) is 4.62. The van der Waals surface area contributed by atoms with Crippen LogP contribution in [0.15, 0.2) is 12.1 Å². The summed E-state index contributed by atoms with van der Waals surface area (Å²) in [4.78, 5) is 22.4. The van der Waals surface area contributed by atoms with E-state index in [2.05, 4.69) is 4.90 Å². The molecule has 0 unspecified atom stereocenters. The second-order valence-electron chi connectivity index (χ2n) is 7.46. The molecule has 1 aromatic heterocycles. The van der Waals surface area contributed by atoms with Crippen molar-refractivity contribution < 1.29 is 9.53 Å². The van der Waals surface area contributed by atoms with Gasteiger partial charge in [-0.1, -0.05) is 41.8 Å². The number of amides is 1. The van der Waals surface area contributed by atoms with Crippen LogP contribution in [-0.2, 0) is 9.53 Å². The molecule has 1 saturated carbocycles. The number of anilines is 1. The Balaban J connectivity index is 0.00000225. The van der Waals surface area contributed by atoms with Crippen LogP contribution in [-0.4, -0.2) is 55.2 Å². The average Bonchev–Trinajstić information content (AvgIpc) is 3.36. The highest BCUT2D eigenvalue weighted by Gasteiger charge is 2.30. The molecule has 2 fully saturated rings. The molecule has 154 valence electrons. The number of aryl methyl sites for hydroxylation is 1. The summed E-state index contributed by atoms with van der Waals surface area (Å²) in [6.07, 6.45) is 4.30. The van der Waals surface area contributed by atoms with Crippen LogP contribution in [0.2, 0.25) is 5.02 Å². The van der Waals surface area contributed by atoms with Crippen LogP contribution >= 0.6 is 35.3 Å². The Hall–Kier alpha value is -0.920. The number of halogens is 2. The number of aromatic nitrogens is 1. The molecule has 0 radical (unpaired) electrons. The van der Waals surface area contributed by atoms with Crippen LogP contribution in [0.3, 0.4) is 0 Å². The molecule has 1 aromatic carbocycles. The van der Waals surface area contributed by atoms with E-state index in [1.54, 1.807) is 0 Å². The van der Waals surface area contributed by atoms with Crippen molar-refractivity contribution in [2.24, 2.45) is 5.92 Å². The van der Waals surface area contributed by atoms with Gasteiger partial charge in [0.25, 0.3) is 0 Å². The van der Waals surface area contributed by atoms with E-state index in [-0.39, 0.29) is 24.2 Å². The van der Waals surface area contributed by atoms with E-state index < -0.39 is 0 Å². The fraction of sp³-hybridized carbons (Fsp3) is 0.600. The van der Waals surface area contributed by atoms with Crippen molar-refractivity contribution in [3.05, 3.63) is 22.7 Å². The number of ether oxygens (including phenoxy) is 1. The van der Waals surface area contributed by atoms with Gasteiger partial charge in [0.15, 0.2) is 5.13 Å². The first-order valence-electron chi connectivity index (χ1n) is 9.80. The maximum atomic E-state index is 13.3. The molecule has 1 aliphatic heterocycles. The van der Waals surface area contributed by atoms with Gasteiger partial charge >= 0.3 is 0 Å². The number of carbonyl (C=O) groups excluding carboxylic acids is 1. The fourth-order valence-corrected chi connectivity index (χ4v) is 5.31. The Morgan fingerprint density at radius 1 is 1.32 bits per heavy atom. The molecule has 4 rings (SSSR count). The SMILES string of the molecule is Cc1ccc(Cl)c2sc(N(CCN3CCOCC3)C(=O)C3CCCC3)nc12.Cl. The van der Waals surface area contributed by atoms with E-state index in [0.29, 0.717) is 11.6 Å². The number of hydrogen-bond acceptors (Lipinski definition) is 5. The topological polar surface area (TPSA) is 45.7 Å². The number of fused-ring (bicyclic) bond motifs is 1. The number of hydrogen-bond donors (Lipinski definition) is 0. The van der Waals surface area contributed by atoms with E-state index in [1.165, 1.54) is 11.3 Å². The number of thiazole rings is 1. The Morgan fingerprint density at radius 2 is 2.04 bits per heavy atom. The van der Waals surface area contributed by atoms with Gasteiger partial charge < -0.3 is 4.74 Å². The molecule has 0 spiro atoms. The highest BCUT2D eigenvalue weighted by Crippen LogP contribution is 2.37. The number of carbonyl (C=O) groups is 1. The average molecular weight is 444 g/mol. The van der Waals surface area contributed by atoms with Crippen LogP contribution in [0.4, 0.5) is 5.13 Å². The molecule has 0 bridgehead atoms. The van der Waals surface area contributed by atoms with Gasteiger partial charge in [-0.15, -0.1) is 12.4 Å².